The van der Waals surface area contributed by atoms with Crippen molar-refractivity contribution in [1.82, 2.24) is 10.2 Å². The van der Waals surface area contributed by atoms with Crippen molar-refractivity contribution in [3.63, 3.8) is 0 Å². The second-order valence-electron chi connectivity index (χ2n) is 6.45. The van der Waals surface area contributed by atoms with Crippen LogP contribution in [0.3, 0.4) is 0 Å². The molecule has 3 unspecified atom stereocenters. The number of rotatable bonds is 7. The molecule has 6 nitrogen and oxygen atoms in total. The number of carbonyl (C=O) groups excluding carboxylic acids is 2. The number of carbonyl (C=O) groups is 2. The number of hydrogen-bond acceptors (Lipinski definition) is 4. The van der Waals surface area contributed by atoms with Gasteiger partial charge in [-0.3, -0.25) is 9.59 Å². The fourth-order valence-corrected chi connectivity index (χ4v) is 4.77. The highest BCUT2D eigenvalue weighted by Crippen LogP contribution is 2.40. The predicted octanol–water partition coefficient (Wildman–Crippen LogP) is 0.574. The normalized spacial score (nSPS) is 29.1. The minimum absolute atomic E-state index is 0.0399. The van der Waals surface area contributed by atoms with Gasteiger partial charge in [-0.15, -0.1) is 0 Å². The summed E-state index contributed by atoms with van der Waals surface area (Å²) < 4.78 is 23.0. The molecule has 7 heteroatoms. The van der Waals surface area contributed by atoms with Crippen molar-refractivity contribution in [3.05, 3.63) is 0 Å². The van der Waals surface area contributed by atoms with Gasteiger partial charge >= 0.3 is 0 Å². The van der Waals surface area contributed by atoms with Crippen LogP contribution in [0.1, 0.15) is 39.0 Å². The lowest BCUT2D eigenvalue weighted by Gasteiger charge is -2.23. The highest BCUT2D eigenvalue weighted by Gasteiger charge is 2.50. The Balaban J connectivity index is 1.77. The molecule has 3 atom stereocenters. The van der Waals surface area contributed by atoms with Crippen molar-refractivity contribution in [2.24, 2.45) is 11.8 Å². The average molecular weight is 330 g/mol. The molecule has 0 aromatic carbocycles. The molecule has 2 aliphatic rings. The monoisotopic (exact) mass is 330 g/mol. The first kappa shape index (κ1) is 17.2. The topological polar surface area (TPSA) is 83.6 Å². The molecule has 0 aromatic heterocycles. The van der Waals surface area contributed by atoms with Crippen LogP contribution in [0.5, 0.6) is 0 Å². The maximum absolute atomic E-state index is 12.3. The van der Waals surface area contributed by atoms with Gasteiger partial charge in [0.1, 0.15) is 0 Å². The van der Waals surface area contributed by atoms with E-state index in [0.29, 0.717) is 19.4 Å². The van der Waals surface area contributed by atoms with Gasteiger partial charge in [0.25, 0.3) is 0 Å². The largest absolute Gasteiger partial charge is 0.356 e. The van der Waals surface area contributed by atoms with Crippen LogP contribution in [0.4, 0.5) is 0 Å². The van der Waals surface area contributed by atoms with Gasteiger partial charge in [-0.2, -0.15) is 0 Å². The first-order chi connectivity index (χ1) is 10.4. The molecule has 2 rings (SSSR count). The Morgan fingerprint density at radius 3 is 2.55 bits per heavy atom. The van der Waals surface area contributed by atoms with E-state index in [1.165, 1.54) is 0 Å². The van der Waals surface area contributed by atoms with E-state index >= 15 is 0 Å². The molecule has 0 spiro atoms. The molecule has 1 N–H and O–H groups in total. The third kappa shape index (κ3) is 4.21. The smallest absolute Gasteiger partial charge is 0.226 e. The van der Waals surface area contributed by atoms with Gasteiger partial charge < -0.3 is 10.2 Å². The Bertz CT molecular complexity index is 532. The van der Waals surface area contributed by atoms with E-state index in [9.17, 15) is 18.0 Å². The summed E-state index contributed by atoms with van der Waals surface area (Å²) in [5.41, 5.74) is 0. The number of unbranched alkanes of at least 4 members (excludes halogenated alkanes) is 2. The van der Waals surface area contributed by atoms with Gasteiger partial charge in [0.2, 0.25) is 11.8 Å². The Hall–Kier alpha value is -1.11. The van der Waals surface area contributed by atoms with Gasteiger partial charge in [0.15, 0.2) is 9.84 Å². The van der Waals surface area contributed by atoms with Crippen molar-refractivity contribution < 1.29 is 18.0 Å². The van der Waals surface area contributed by atoms with E-state index in [1.54, 1.807) is 11.9 Å². The molecule has 2 fully saturated rings. The summed E-state index contributed by atoms with van der Waals surface area (Å²) in [6.07, 6.45) is 4.25. The number of nitrogens with zero attached hydrogens (tertiary/aromatic N) is 1. The van der Waals surface area contributed by atoms with E-state index in [1.807, 2.05) is 0 Å². The molecule has 1 saturated heterocycles. The van der Waals surface area contributed by atoms with E-state index in [2.05, 4.69) is 12.2 Å². The first-order valence-corrected chi connectivity index (χ1v) is 9.92. The van der Waals surface area contributed by atoms with Gasteiger partial charge in [-0.25, -0.2) is 8.42 Å². The van der Waals surface area contributed by atoms with E-state index in [-0.39, 0.29) is 41.2 Å². The van der Waals surface area contributed by atoms with Crippen molar-refractivity contribution in [2.75, 3.05) is 25.1 Å². The van der Waals surface area contributed by atoms with Crippen LogP contribution in [-0.4, -0.2) is 56.3 Å². The zero-order valence-corrected chi connectivity index (χ0v) is 14.2. The molecule has 1 aliphatic carbocycles. The Morgan fingerprint density at radius 2 is 1.95 bits per heavy atom. The van der Waals surface area contributed by atoms with Gasteiger partial charge in [0.05, 0.1) is 23.3 Å². The molecule has 0 radical (unpaired) electrons. The second-order valence-corrected chi connectivity index (χ2v) is 8.68. The molecule has 1 heterocycles. The number of amides is 2. The second kappa shape index (κ2) is 6.98. The Kier molecular flexibility index (Phi) is 5.47. The third-order valence-electron chi connectivity index (χ3n) is 4.63. The Labute approximate surface area is 132 Å². The zero-order chi connectivity index (χ0) is 16.3. The number of hydrogen-bond donors (Lipinski definition) is 1. The highest BCUT2D eigenvalue weighted by molar-refractivity contribution is 7.91. The molecule has 126 valence electrons. The molecule has 1 saturated carbocycles. The standard InChI is InChI=1S/C15H26N2O4S/c1-3-4-5-7-16-14(18)12-9-13(12)15(19)17(2)11-6-8-22(20,21)10-11/h11-13H,3-10H2,1-2H3,(H,16,18). The predicted molar refractivity (Wildman–Crippen MR) is 84.0 cm³/mol. The zero-order valence-electron chi connectivity index (χ0n) is 13.4. The first-order valence-electron chi connectivity index (χ1n) is 8.10. The third-order valence-corrected chi connectivity index (χ3v) is 6.38. The van der Waals surface area contributed by atoms with Crippen molar-refractivity contribution >= 4 is 21.7 Å². The summed E-state index contributed by atoms with van der Waals surface area (Å²) in [4.78, 5) is 25.8. The molecule has 22 heavy (non-hydrogen) atoms. The van der Waals surface area contributed by atoms with Crippen LogP contribution in [-0.2, 0) is 19.4 Å². The van der Waals surface area contributed by atoms with Crippen LogP contribution in [0.15, 0.2) is 0 Å². The van der Waals surface area contributed by atoms with Gasteiger partial charge in [-0.1, -0.05) is 19.8 Å². The summed E-state index contributed by atoms with van der Waals surface area (Å²) in [6.45, 7) is 2.78. The quantitative estimate of drug-likeness (QED) is 0.692. The van der Waals surface area contributed by atoms with Crippen LogP contribution in [0.2, 0.25) is 0 Å². The fourth-order valence-electron chi connectivity index (χ4n) is 3.00. The summed E-state index contributed by atoms with van der Waals surface area (Å²) in [5, 5.41) is 2.88. The number of sulfone groups is 1. The average Bonchev–Trinajstić information content (AvgIpc) is 3.19. The van der Waals surface area contributed by atoms with E-state index in [0.717, 1.165) is 19.3 Å². The van der Waals surface area contributed by atoms with Gasteiger partial charge in [0, 0.05) is 19.6 Å². The maximum atomic E-state index is 12.3. The molecule has 1 aliphatic heterocycles. The van der Waals surface area contributed by atoms with Crippen molar-refractivity contribution in [3.8, 4) is 0 Å². The maximum Gasteiger partial charge on any atom is 0.226 e. The lowest BCUT2D eigenvalue weighted by Crippen LogP contribution is -2.39. The van der Waals surface area contributed by atoms with Crippen LogP contribution in [0, 0.1) is 11.8 Å². The SMILES string of the molecule is CCCCCNC(=O)C1CC1C(=O)N(C)C1CCS(=O)(=O)C1. The summed E-state index contributed by atoms with van der Waals surface area (Å²) in [5.74, 6) is -0.413. The highest BCUT2D eigenvalue weighted by atomic mass is 32.2. The van der Waals surface area contributed by atoms with Crippen LogP contribution >= 0.6 is 0 Å². The van der Waals surface area contributed by atoms with Gasteiger partial charge in [-0.05, 0) is 19.3 Å². The molecule has 0 bridgehead atoms. The van der Waals surface area contributed by atoms with Crippen LogP contribution < -0.4 is 5.32 Å². The van der Waals surface area contributed by atoms with Crippen LogP contribution in [0.25, 0.3) is 0 Å². The summed E-state index contributed by atoms with van der Waals surface area (Å²) in [6, 6.07) is -0.230. The fraction of sp³-hybridized carbons (Fsp3) is 0.867. The van der Waals surface area contributed by atoms with E-state index in [4.69, 9.17) is 0 Å². The molecular weight excluding hydrogens is 304 g/mol. The molecular formula is C15H26N2O4S. The molecule has 0 aromatic rings. The summed E-state index contributed by atoms with van der Waals surface area (Å²) in [7, 11) is -1.34. The van der Waals surface area contributed by atoms with Crippen molar-refractivity contribution in [1.29, 1.82) is 0 Å². The van der Waals surface area contributed by atoms with Crippen molar-refractivity contribution in [2.45, 2.75) is 45.1 Å². The Morgan fingerprint density at radius 1 is 1.23 bits per heavy atom. The minimum Gasteiger partial charge on any atom is -0.356 e. The molecule has 2 amide bonds. The number of nitrogens with one attached hydrogen (secondary N) is 1. The lowest BCUT2D eigenvalue weighted by molar-refractivity contribution is -0.135. The van der Waals surface area contributed by atoms with E-state index < -0.39 is 9.84 Å². The minimum atomic E-state index is -3.00. The lowest BCUT2D eigenvalue weighted by atomic mass is 10.2. The summed E-state index contributed by atoms with van der Waals surface area (Å²) >= 11 is 0.